The van der Waals surface area contributed by atoms with Gasteiger partial charge < -0.3 is 19.3 Å². The highest BCUT2D eigenvalue weighted by Gasteiger charge is 2.41. The van der Waals surface area contributed by atoms with Crippen LogP contribution in [0.1, 0.15) is 24.2 Å². The number of piperazine rings is 1. The molecule has 210 valence electrons. The number of ether oxygens (including phenoxy) is 2. The minimum absolute atomic E-state index is 0.232. The molecule has 3 heterocycles. The third-order valence-corrected chi connectivity index (χ3v) is 8.78. The molecule has 1 saturated heterocycles. The largest absolute Gasteiger partial charge is 0.497 e. The van der Waals surface area contributed by atoms with Crippen LogP contribution >= 0.6 is 23.4 Å². The average Bonchev–Trinajstić information content (AvgIpc) is 3.08. The highest BCUT2D eigenvalue weighted by atomic mass is 35.5. The first-order valence-electron chi connectivity index (χ1n) is 13.4. The number of esters is 1. The monoisotopic (exact) mass is 580 g/mol. The van der Waals surface area contributed by atoms with Gasteiger partial charge in [-0.15, -0.1) is 11.8 Å². The summed E-state index contributed by atoms with van der Waals surface area (Å²) in [6.45, 7) is 6.39. The quantitative estimate of drug-likeness (QED) is 0.342. The number of carbonyl (C=O) groups is 2. The van der Waals surface area contributed by atoms with Crippen LogP contribution < -0.4 is 14.5 Å². The lowest BCUT2D eigenvalue weighted by molar-refractivity contribution is -0.152. The molecule has 1 amide bonds. The minimum atomic E-state index is -0.982. The zero-order chi connectivity index (χ0) is 28.1. The SMILES string of the molecule is COc1ccc(C2Sc3cc(Cl)ccc3N(CCCN3CCN(c4ccccn4)CC3)C(=O)C2OC(C)=O)cc1. The first kappa shape index (κ1) is 28.3. The van der Waals surface area contributed by atoms with Gasteiger partial charge in [0.25, 0.3) is 5.91 Å². The van der Waals surface area contributed by atoms with Crippen molar-refractivity contribution in [3.05, 3.63) is 77.4 Å². The second-order valence-electron chi connectivity index (χ2n) is 9.81. The fraction of sp³-hybridized carbons (Fsp3) is 0.367. The van der Waals surface area contributed by atoms with Gasteiger partial charge in [-0.3, -0.25) is 14.5 Å². The lowest BCUT2D eigenvalue weighted by atomic mass is 10.1. The Morgan fingerprint density at radius 3 is 2.50 bits per heavy atom. The smallest absolute Gasteiger partial charge is 0.303 e. The summed E-state index contributed by atoms with van der Waals surface area (Å²) in [7, 11) is 1.61. The van der Waals surface area contributed by atoms with Crippen LogP contribution in [0.2, 0.25) is 5.02 Å². The van der Waals surface area contributed by atoms with Gasteiger partial charge in [-0.1, -0.05) is 29.8 Å². The van der Waals surface area contributed by atoms with E-state index in [0.717, 1.165) is 61.1 Å². The summed E-state index contributed by atoms with van der Waals surface area (Å²) in [5.74, 6) is 0.994. The van der Waals surface area contributed by atoms with Gasteiger partial charge in [-0.25, -0.2) is 4.98 Å². The van der Waals surface area contributed by atoms with Crippen LogP contribution in [0.15, 0.2) is 71.8 Å². The molecule has 0 bridgehead atoms. The van der Waals surface area contributed by atoms with E-state index in [0.29, 0.717) is 17.3 Å². The van der Waals surface area contributed by atoms with E-state index in [2.05, 4.69) is 14.8 Å². The van der Waals surface area contributed by atoms with Crippen molar-refractivity contribution in [3.8, 4) is 5.75 Å². The Bertz CT molecular complexity index is 1320. The van der Waals surface area contributed by atoms with Crippen LogP contribution in [-0.4, -0.2) is 74.2 Å². The number of benzene rings is 2. The van der Waals surface area contributed by atoms with Crippen molar-refractivity contribution < 1.29 is 19.1 Å². The zero-order valence-electron chi connectivity index (χ0n) is 22.7. The topological polar surface area (TPSA) is 75.2 Å². The molecule has 2 aliphatic rings. The summed E-state index contributed by atoms with van der Waals surface area (Å²) < 4.78 is 11.0. The molecule has 1 aromatic heterocycles. The number of anilines is 2. The number of thioether (sulfide) groups is 1. The maximum Gasteiger partial charge on any atom is 0.303 e. The molecule has 2 atom stereocenters. The Morgan fingerprint density at radius 1 is 1.05 bits per heavy atom. The average molecular weight is 581 g/mol. The number of halogens is 1. The van der Waals surface area contributed by atoms with Crippen molar-refractivity contribution >= 4 is 46.7 Å². The number of hydrogen-bond donors (Lipinski definition) is 0. The van der Waals surface area contributed by atoms with Gasteiger partial charge in [0.2, 0.25) is 0 Å². The molecule has 0 spiro atoms. The lowest BCUT2D eigenvalue weighted by Gasteiger charge is -2.35. The van der Waals surface area contributed by atoms with E-state index in [-0.39, 0.29) is 5.91 Å². The van der Waals surface area contributed by atoms with Crippen LogP contribution in [0.25, 0.3) is 0 Å². The molecule has 8 nitrogen and oxygen atoms in total. The Labute approximate surface area is 244 Å². The number of methoxy groups -OCH3 is 1. The van der Waals surface area contributed by atoms with E-state index in [9.17, 15) is 9.59 Å². The van der Waals surface area contributed by atoms with Crippen LogP contribution in [0, 0.1) is 0 Å². The number of fused-ring (bicyclic) bond motifs is 1. The summed E-state index contributed by atoms with van der Waals surface area (Å²) in [5.41, 5.74) is 1.65. The van der Waals surface area contributed by atoms with E-state index in [1.165, 1.54) is 18.7 Å². The molecular formula is C30H33ClN4O4S. The Balaban J connectivity index is 1.32. The summed E-state index contributed by atoms with van der Waals surface area (Å²) in [6, 6.07) is 19.1. The van der Waals surface area contributed by atoms with Crippen molar-refractivity contribution in [2.24, 2.45) is 0 Å². The second-order valence-corrected chi connectivity index (χ2v) is 11.4. The summed E-state index contributed by atoms with van der Waals surface area (Å²) in [6.07, 6.45) is 1.62. The Kier molecular flexibility index (Phi) is 9.14. The molecule has 2 aromatic carbocycles. The van der Waals surface area contributed by atoms with Crippen molar-refractivity contribution in [3.63, 3.8) is 0 Å². The van der Waals surface area contributed by atoms with Crippen LogP contribution in [0.3, 0.4) is 0 Å². The van der Waals surface area contributed by atoms with E-state index in [1.807, 2.05) is 60.8 Å². The van der Waals surface area contributed by atoms with Gasteiger partial charge in [-0.05, 0) is 61.0 Å². The number of amides is 1. The van der Waals surface area contributed by atoms with E-state index < -0.39 is 17.3 Å². The molecule has 1 fully saturated rings. The fourth-order valence-electron chi connectivity index (χ4n) is 5.16. The summed E-state index contributed by atoms with van der Waals surface area (Å²) in [4.78, 5) is 38.1. The molecule has 0 aliphatic carbocycles. The standard InChI is InChI=1S/C30H33ClN4O4S/c1-21(36)39-28-29(22-7-10-24(38-2)11-8-22)40-26-20-23(31)9-12-25(26)35(30(28)37)15-5-14-33-16-18-34(19-17-33)27-6-3-4-13-32-27/h3-4,6-13,20,28-29H,5,14-19H2,1-2H3. The van der Waals surface area contributed by atoms with Crippen LogP contribution in [-0.2, 0) is 14.3 Å². The van der Waals surface area contributed by atoms with Gasteiger partial charge in [-0.2, -0.15) is 0 Å². The number of carbonyl (C=O) groups excluding carboxylic acids is 2. The number of nitrogens with zero attached hydrogens (tertiary/aromatic N) is 4. The van der Waals surface area contributed by atoms with Gasteiger partial charge in [0.15, 0.2) is 6.10 Å². The van der Waals surface area contributed by atoms with E-state index in [1.54, 1.807) is 18.1 Å². The molecule has 5 rings (SSSR count). The molecule has 40 heavy (non-hydrogen) atoms. The third kappa shape index (κ3) is 6.54. The van der Waals surface area contributed by atoms with Crippen molar-refractivity contribution in [1.29, 1.82) is 0 Å². The molecule has 0 saturated carbocycles. The number of rotatable bonds is 8. The Hall–Kier alpha value is -3.27. The van der Waals surface area contributed by atoms with Crippen LogP contribution in [0.4, 0.5) is 11.5 Å². The summed E-state index contributed by atoms with van der Waals surface area (Å²) in [5, 5.41) is 0.146. The predicted molar refractivity (Wildman–Crippen MR) is 158 cm³/mol. The highest BCUT2D eigenvalue weighted by molar-refractivity contribution is 7.99. The molecule has 0 radical (unpaired) electrons. The van der Waals surface area contributed by atoms with Gasteiger partial charge in [0, 0.05) is 55.8 Å². The second kappa shape index (κ2) is 12.9. The summed E-state index contributed by atoms with van der Waals surface area (Å²) >= 11 is 7.89. The molecule has 2 unspecified atom stereocenters. The maximum atomic E-state index is 14.1. The molecule has 2 aliphatic heterocycles. The maximum absolute atomic E-state index is 14.1. The molecule has 3 aromatic rings. The molecule has 0 N–H and O–H groups in total. The predicted octanol–water partition coefficient (Wildman–Crippen LogP) is 5.07. The first-order chi connectivity index (χ1) is 19.4. The third-order valence-electron chi connectivity index (χ3n) is 7.19. The van der Waals surface area contributed by atoms with Crippen molar-refractivity contribution in [2.75, 3.05) is 56.2 Å². The van der Waals surface area contributed by atoms with E-state index >= 15 is 0 Å². The minimum Gasteiger partial charge on any atom is -0.497 e. The van der Waals surface area contributed by atoms with Gasteiger partial charge >= 0.3 is 5.97 Å². The number of hydrogen-bond acceptors (Lipinski definition) is 8. The number of pyridine rings is 1. The van der Waals surface area contributed by atoms with Crippen molar-refractivity contribution in [2.45, 2.75) is 29.6 Å². The molecule has 10 heteroatoms. The van der Waals surface area contributed by atoms with Gasteiger partial charge in [0.1, 0.15) is 11.6 Å². The lowest BCUT2D eigenvalue weighted by Crippen LogP contribution is -2.48. The van der Waals surface area contributed by atoms with Gasteiger partial charge in [0.05, 0.1) is 18.0 Å². The number of aromatic nitrogens is 1. The normalized spacial score (nSPS) is 19.6. The van der Waals surface area contributed by atoms with Crippen molar-refractivity contribution in [1.82, 2.24) is 9.88 Å². The van der Waals surface area contributed by atoms with E-state index in [4.69, 9.17) is 21.1 Å². The molecular weight excluding hydrogens is 548 g/mol. The first-order valence-corrected chi connectivity index (χ1v) is 14.7. The fourth-order valence-corrected chi connectivity index (χ4v) is 6.75. The zero-order valence-corrected chi connectivity index (χ0v) is 24.2. The highest BCUT2D eigenvalue weighted by Crippen LogP contribution is 2.47. The van der Waals surface area contributed by atoms with Crippen LogP contribution in [0.5, 0.6) is 5.75 Å². The Morgan fingerprint density at radius 2 is 1.82 bits per heavy atom.